The van der Waals surface area contributed by atoms with Gasteiger partial charge in [-0.25, -0.2) is 4.39 Å². The van der Waals surface area contributed by atoms with Gasteiger partial charge in [-0.2, -0.15) is 0 Å². The maximum atomic E-state index is 13.2. The molecule has 0 unspecified atom stereocenters. The lowest BCUT2D eigenvalue weighted by atomic mass is 10.1. The van der Waals surface area contributed by atoms with E-state index in [4.69, 9.17) is 10.8 Å². The first-order chi connectivity index (χ1) is 9.13. The molecular formula is C14H17FN2O2. The van der Waals surface area contributed by atoms with E-state index in [1.807, 2.05) is 6.92 Å². The molecule has 0 radical (unpaired) electrons. The Morgan fingerprint density at radius 1 is 1.53 bits per heavy atom. The number of halogens is 1. The molecule has 0 aliphatic rings. The van der Waals surface area contributed by atoms with Crippen LogP contribution in [-0.2, 0) is 0 Å². The first-order valence-corrected chi connectivity index (χ1v) is 6.02. The minimum Gasteiger partial charge on any atom is -0.395 e. The molecule has 1 amide bonds. The molecule has 0 bridgehead atoms. The zero-order valence-corrected chi connectivity index (χ0v) is 10.8. The van der Waals surface area contributed by atoms with Crippen molar-refractivity contribution in [2.24, 2.45) is 5.73 Å². The molecule has 19 heavy (non-hydrogen) atoms. The van der Waals surface area contributed by atoms with Gasteiger partial charge in [0.15, 0.2) is 0 Å². The van der Waals surface area contributed by atoms with Gasteiger partial charge in [-0.15, -0.1) is 0 Å². The van der Waals surface area contributed by atoms with Gasteiger partial charge < -0.3 is 15.7 Å². The Kier molecular flexibility index (Phi) is 6.00. The van der Waals surface area contributed by atoms with Crippen LogP contribution in [0.3, 0.4) is 0 Å². The molecule has 1 aromatic carbocycles. The third-order valence-corrected chi connectivity index (χ3v) is 2.58. The third-order valence-electron chi connectivity index (χ3n) is 2.58. The number of amides is 1. The largest absolute Gasteiger partial charge is 0.395 e. The van der Waals surface area contributed by atoms with Gasteiger partial charge in [0.25, 0.3) is 5.91 Å². The summed E-state index contributed by atoms with van der Waals surface area (Å²) in [5, 5.41) is 8.92. The molecule has 5 heteroatoms. The number of nitrogens with zero attached hydrogens (tertiary/aromatic N) is 1. The highest BCUT2D eigenvalue weighted by Gasteiger charge is 2.17. The molecule has 0 atom stereocenters. The fraction of sp³-hybridized carbons (Fsp3) is 0.357. The molecule has 1 rings (SSSR count). The Balaban J connectivity index is 3.14. The molecule has 0 spiro atoms. The van der Waals surface area contributed by atoms with E-state index in [9.17, 15) is 9.18 Å². The van der Waals surface area contributed by atoms with Gasteiger partial charge in [0.1, 0.15) is 5.82 Å². The summed E-state index contributed by atoms with van der Waals surface area (Å²) in [7, 11) is 0. The maximum absolute atomic E-state index is 13.2. The molecule has 4 nitrogen and oxygen atoms in total. The summed E-state index contributed by atoms with van der Waals surface area (Å²) in [6.45, 7) is 2.52. The van der Waals surface area contributed by atoms with E-state index in [1.54, 1.807) is 0 Å². The minimum atomic E-state index is -0.455. The van der Waals surface area contributed by atoms with Crippen LogP contribution in [0.4, 0.5) is 4.39 Å². The molecule has 3 N–H and O–H groups in total. The molecule has 102 valence electrons. The summed E-state index contributed by atoms with van der Waals surface area (Å²) in [6.07, 6.45) is 0. The number of hydrogen-bond donors (Lipinski definition) is 2. The van der Waals surface area contributed by atoms with Crippen LogP contribution in [0, 0.1) is 17.7 Å². The van der Waals surface area contributed by atoms with E-state index < -0.39 is 5.82 Å². The quantitative estimate of drug-likeness (QED) is 0.782. The first-order valence-electron chi connectivity index (χ1n) is 6.02. The highest BCUT2D eigenvalue weighted by atomic mass is 19.1. The second-order valence-corrected chi connectivity index (χ2v) is 3.80. The topological polar surface area (TPSA) is 66.6 Å². The normalized spacial score (nSPS) is 9.68. The lowest BCUT2D eigenvalue weighted by Gasteiger charge is -2.20. The van der Waals surface area contributed by atoms with Crippen molar-refractivity contribution >= 4 is 5.91 Å². The van der Waals surface area contributed by atoms with Crippen LogP contribution in [0.25, 0.3) is 0 Å². The molecule has 1 aromatic rings. The zero-order valence-electron chi connectivity index (χ0n) is 10.8. The van der Waals surface area contributed by atoms with Crippen molar-refractivity contribution < 1.29 is 14.3 Å². The van der Waals surface area contributed by atoms with E-state index in [1.165, 1.54) is 23.1 Å². The number of likely N-dealkylation sites (N-methyl/N-ethyl adjacent to an activating group) is 1. The van der Waals surface area contributed by atoms with Gasteiger partial charge in [-0.1, -0.05) is 11.8 Å². The van der Waals surface area contributed by atoms with Crippen LogP contribution in [0.15, 0.2) is 18.2 Å². The molecule has 0 aromatic heterocycles. The lowest BCUT2D eigenvalue weighted by molar-refractivity contribution is 0.0731. The SMILES string of the molecule is CCN(CCO)C(=O)c1ccc(F)cc1C#CCN. The number of benzene rings is 1. The van der Waals surface area contributed by atoms with Gasteiger partial charge in [0.05, 0.1) is 18.7 Å². The smallest absolute Gasteiger partial charge is 0.255 e. The number of hydrogen-bond acceptors (Lipinski definition) is 3. The van der Waals surface area contributed by atoms with Gasteiger partial charge in [0, 0.05) is 18.7 Å². The van der Waals surface area contributed by atoms with Crippen molar-refractivity contribution in [1.29, 1.82) is 0 Å². The van der Waals surface area contributed by atoms with Crippen LogP contribution < -0.4 is 5.73 Å². The summed E-state index contributed by atoms with van der Waals surface area (Å²) < 4.78 is 13.2. The summed E-state index contributed by atoms with van der Waals surface area (Å²) in [6, 6.07) is 3.83. The standard InChI is InChI=1S/C14H17FN2O2/c1-2-17(8-9-18)14(19)13-6-5-12(15)10-11(13)4-3-7-16/h5-6,10,18H,2,7-9,16H2,1H3. The molecule has 0 heterocycles. The number of carbonyl (C=O) groups is 1. The zero-order chi connectivity index (χ0) is 14.3. The maximum Gasteiger partial charge on any atom is 0.255 e. The molecule has 0 aliphatic heterocycles. The fourth-order valence-corrected chi connectivity index (χ4v) is 1.65. The van der Waals surface area contributed by atoms with Gasteiger partial charge >= 0.3 is 0 Å². The number of aliphatic hydroxyl groups excluding tert-OH is 1. The Labute approximate surface area is 112 Å². The Hall–Kier alpha value is -1.90. The Morgan fingerprint density at radius 2 is 2.26 bits per heavy atom. The van der Waals surface area contributed by atoms with Crippen molar-refractivity contribution in [2.75, 3.05) is 26.2 Å². The number of aliphatic hydroxyl groups is 1. The van der Waals surface area contributed by atoms with E-state index in [0.717, 1.165) is 0 Å². The van der Waals surface area contributed by atoms with Crippen LogP contribution >= 0.6 is 0 Å². The van der Waals surface area contributed by atoms with Crippen LogP contribution in [-0.4, -0.2) is 42.2 Å². The predicted molar refractivity (Wildman–Crippen MR) is 71.0 cm³/mol. The average Bonchev–Trinajstić information content (AvgIpc) is 2.42. The van der Waals surface area contributed by atoms with Gasteiger partial charge in [-0.05, 0) is 25.1 Å². The van der Waals surface area contributed by atoms with E-state index in [-0.39, 0.29) is 25.6 Å². The minimum absolute atomic E-state index is 0.120. The van der Waals surface area contributed by atoms with E-state index >= 15 is 0 Å². The van der Waals surface area contributed by atoms with Crippen molar-refractivity contribution in [1.82, 2.24) is 4.90 Å². The molecule has 0 saturated carbocycles. The Morgan fingerprint density at radius 3 is 2.84 bits per heavy atom. The van der Waals surface area contributed by atoms with Crippen molar-refractivity contribution in [3.05, 3.63) is 35.1 Å². The highest BCUT2D eigenvalue weighted by Crippen LogP contribution is 2.13. The lowest BCUT2D eigenvalue weighted by Crippen LogP contribution is -2.33. The van der Waals surface area contributed by atoms with Crippen molar-refractivity contribution in [3.63, 3.8) is 0 Å². The van der Waals surface area contributed by atoms with Gasteiger partial charge in [-0.3, -0.25) is 4.79 Å². The number of carbonyl (C=O) groups excluding carboxylic acids is 1. The van der Waals surface area contributed by atoms with E-state index in [0.29, 0.717) is 17.7 Å². The number of nitrogens with two attached hydrogens (primary N) is 1. The number of rotatable bonds is 4. The Bertz CT molecular complexity index is 506. The first kappa shape index (κ1) is 15.2. The molecular weight excluding hydrogens is 247 g/mol. The van der Waals surface area contributed by atoms with Crippen LogP contribution in [0.5, 0.6) is 0 Å². The van der Waals surface area contributed by atoms with Crippen molar-refractivity contribution in [3.8, 4) is 11.8 Å². The second kappa shape index (κ2) is 7.52. The second-order valence-electron chi connectivity index (χ2n) is 3.80. The average molecular weight is 264 g/mol. The molecule has 0 aliphatic carbocycles. The highest BCUT2D eigenvalue weighted by molar-refractivity contribution is 5.96. The summed E-state index contributed by atoms with van der Waals surface area (Å²) in [4.78, 5) is 13.7. The van der Waals surface area contributed by atoms with Crippen LogP contribution in [0.1, 0.15) is 22.8 Å². The summed E-state index contributed by atoms with van der Waals surface area (Å²) in [5.41, 5.74) is 5.91. The van der Waals surface area contributed by atoms with E-state index in [2.05, 4.69) is 11.8 Å². The summed E-state index contributed by atoms with van der Waals surface area (Å²) in [5.74, 6) is 4.56. The molecule has 0 saturated heterocycles. The van der Waals surface area contributed by atoms with Gasteiger partial charge in [0.2, 0.25) is 0 Å². The fourth-order valence-electron chi connectivity index (χ4n) is 1.65. The predicted octanol–water partition coefficient (Wildman–Crippen LogP) is 0.590. The third kappa shape index (κ3) is 4.05. The molecule has 0 fully saturated rings. The van der Waals surface area contributed by atoms with Crippen molar-refractivity contribution in [2.45, 2.75) is 6.92 Å². The monoisotopic (exact) mass is 264 g/mol. The summed E-state index contributed by atoms with van der Waals surface area (Å²) >= 11 is 0. The van der Waals surface area contributed by atoms with Crippen LogP contribution in [0.2, 0.25) is 0 Å².